The number of hydrogen-bond acceptors (Lipinski definition) is 5. The molecule has 1 aromatic carbocycles. The fourth-order valence-electron chi connectivity index (χ4n) is 4.14. The number of hydrogen-bond donors (Lipinski definition) is 1. The van der Waals surface area contributed by atoms with Crippen molar-refractivity contribution >= 4 is 34.5 Å². The first kappa shape index (κ1) is 20.1. The number of benzene rings is 1. The van der Waals surface area contributed by atoms with Crippen molar-refractivity contribution in [1.29, 1.82) is 0 Å². The molecule has 1 aromatic heterocycles. The Kier molecular flexibility index (Phi) is 5.46. The lowest BCUT2D eigenvalue weighted by molar-refractivity contribution is -0.129. The fraction of sp³-hybridized carbons (Fsp3) is 0.455. The highest BCUT2D eigenvalue weighted by atomic mass is 32.1. The lowest BCUT2D eigenvalue weighted by Gasteiger charge is -2.45. The van der Waals surface area contributed by atoms with Crippen LogP contribution in [0.25, 0.3) is 0 Å². The van der Waals surface area contributed by atoms with Gasteiger partial charge in [0.2, 0.25) is 11.8 Å². The summed E-state index contributed by atoms with van der Waals surface area (Å²) in [6, 6.07) is 9.41. The minimum atomic E-state index is -0.930. The molecule has 2 aromatic rings. The van der Waals surface area contributed by atoms with Crippen LogP contribution in [0.2, 0.25) is 0 Å². The van der Waals surface area contributed by atoms with Gasteiger partial charge in [0.05, 0.1) is 17.4 Å². The lowest BCUT2D eigenvalue weighted by Crippen LogP contribution is -2.63. The highest BCUT2D eigenvalue weighted by Gasteiger charge is 2.45. The minimum absolute atomic E-state index is 0.0245. The van der Waals surface area contributed by atoms with Crippen LogP contribution in [0.3, 0.4) is 0 Å². The van der Waals surface area contributed by atoms with Crippen molar-refractivity contribution in [2.75, 3.05) is 36.4 Å². The van der Waals surface area contributed by atoms with E-state index < -0.39 is 5.54 Å². The molecule has 2 amide bonds. The van der Waals surface area contributed by atoms with Gasteiger partial charge in [0.1, 0.15) is 5.54 Å². The maximum absolute atomic E-state index is 13.6. The Balaban J connectivity index is 1.47. The molecular formula is C22H28N4O2S. The summed E-state index contributed by atoms with van der Waals surface area (Å²) in [5, 5.41) is 7.23. The summed E-state index contributed by atoms with van der Waals surface area (Å²) >= 11 is 1.73. The molecule has 4 rings (SSSR count). The fourth-order valence-corrected chi connectivity index (χ4v) is 4.80. The Hall–Kier alpha value is -2.22. The Morgan fingerprint density at radius 2 is 1.90 bits per heavy atom. The maximum Gasteiger partial charge on any atom is 0.250 e. The summed E-state index contributed by atoms with van der Waals surface area (Å²) in [6.07, 6.45) is 0. The number of carbonyl (C=O) groups is 2. The molecule has 1 saturated heterocycles. The third kappa shape index (κ3) is 3.82. The third-order valence-corrected chi connectivity index (χ3v) is 6.76. The zero-order valence-corrected chi connectivity index (χ0v) is 18.0. The Labute approximate surface area is 176 Å². The van der Waals surface area contributed by atoms with Gasteiger partial charge in [0, 0.05) is 32.7 Å². The van der Waals surface area contributed by atoms with Crippen molar-refractivity contribution in [3.05, 3.63) is 46.7 Å². The van der Waals surface area contributed by atoms with Gasteiger partial charge in [0.25, 0.3) is 0 Å². The van der Waals surface area contributed by atoms with E-state index in [1.165, 1.54) is 5.56 Å². The van der Waals surface area contributed by atoms with Crippen molar-refractivity contribution < 1.29 is 9.59 Å². The van der Waals surface area contributed by atoms with Gasteiger partial charge in [-0.3, -0.25) is 24.3 Å². The first-order chi connectivity index (χ1) is 13.9. The monoisotopic (exact) mass is 412 g/mol. The summed E-state index contributed by atoms with van der Waals surface area (Å²) in [5.74, 6) is -0.180. The Bertz CT molecular complexity index is 888. The number of rotatable bonds is 4. The second kappa shape index (κ2) is 7.89. The first-order valence-corrected chi connectivity index (χ1v) is 11.0. The van der Waals surface area contributed by atoms with Crippen LogP contribution in [0.5, 0.6) is 0 Å². The SMILES string of the molecule is CC(C(=O)N1c2ccccc2NC(=O)C1(C)C)N1CCN(Cc2ccsc2)CC1. The van der Waals surface area contributed by atoms with Crippen LogP contribution >= 0.6 is 11.3 Å². The van der Waals surface area contributed by atoms with Gasteiger partial charge in [-0.2, -0.15) is 11.3 Å². The third-order valence-electron chi connectivity index (χ3n) is 6.03. The molecule has 0 spiro atoms. The van der Waals surface area contributed by atoms with Crippen molar-refractivity contribution in [2.24, 2.45) is 0 Å². The quantitative estimate of drug-likeness (QED) is 0.839. The maximum atomic E-state index is 13.6. The molecule has 0 radical (unpaired) electrons. The van der Waals surface area contributed by atoms with E-state index in [1.807, 2.05) is 45.0 Å². The van der Waals surface area contributed by atoms with E-state index in [4.69, 9.17) is 0 Å². The molecule has 1 N–H and O–H groups in total. The van der Waals surface area contributed by atoms with Crippen LogP contribution in [-0.2, 0) is 16.1 Å². The zero-order valence-electron chi connectivity index (χ0n) is 17.2. The number of carbonyl (C=O) groups excluding carboxylic acids is 2. The largest absolute Gasteiger partial charge is 0.322 e. The lowest BCUT2D eigenvalue weighted by atomic mass is 9.95. The van der Waals surface area contributed by atoms with Gasteiger partial charge in [-0.25, -0.2) is 0 Å². The van der Waals surface area contributed by atoms with E-state index in [2.05, 4.69) is 31.9 Å². The molecule has 6 nitrogen and oxygen atoms in total. The molecule has 0 bridgehead atoms. The normalized spacial score (nSPS) is 20.8. The topological polar surface area (TPSA) is 55.9 Å². The van der Waals surface area contributed by atoms with Crippen molar-refractivity contribution in [3.8, 4) is 0 Å². The van der Waals surface area contributed by atoms with Gasteiger partial charge in [-0.1, -0.05) is 12.1 Å². The van der Waals surface area contributed by atoms with Crippen LogP contribution in [0.15, 0.2) is 41.1 Å². The molecule has 1 unspecified atom stereocenters. The number of thiophene rings is 1. The second-order valence-electron chi connectivity index (χ2n) is 8.32. The molecule has 1 atom stereocenters. The van der Waals surface area contributed by atoms with Crippen molar-refractivity contribution in [2.45, 2.75) is 38.9 Å². The summed E-state index contributed by atoms with van der Waals surface area (Å²) < 4.78 is 0. The van der Waals surface area contributed by atoms with Crippen LogP contribution in [0.4, 0.5) is 11.4 Å². The van der Waals surface area contributed by atoms with Crippen LogP contribution in [0, 0.1) is 0 Å². The van der Waals surface area contributed by atoms with Gasteiger partial charge in [0.15, 0.2) is 0 Å². The number of nitrogens with zero attached hydrogens (tertiary/aromatic N) is 3. The second-order valence-corrected chi connectivity index (χ2v) is 9.10. The molecule has 2 aliphatic heterocycles. The average Bonchev–Trinajstić information content (AvgIpc) is 3.21. The highest BCUT2D eigenvalue weighted by molar-refractivity contribution is 7.07. The van der Waals surface area contributed by atoms with E-state index in [9.17, 15) is 9.59 Å². The van der Waals surface area contributed by atoms with E-state index in [1.54, 1.807) is 16.2 Å². The smallest absolute Gasteiger partial charge is 0.250 e. The van der Waals surface area contributed by atoms with E-state index in [0.29, 0.717) is 5.69 Å². The van der Waals surface area contributed by atoms with Gasteiger partial charge in [-0.15, -0.1) is 0 Å². The molecular weight excluding hydrogens is 384 g/mol. The molecule has 2 aliphatic rings. The zero-order chi connectivity index (χ0) is 20.6. The number of anilines is 2. The van der Waals surface area contributed by atoms with Crippen molar-refractivity contribution in [3.63, 3.8) is 0 Å². The number of fused-ring (bicyclic) bond motifs is 1. The highest BCUT2D eigenvalue weighted by Crippen LogP contribution is 2.37. The standard InChI is InChI=1S/C22H28N4O2S/c1-16(25-11-9-24(10-12-25)14-17-8-13-29-15-17)20(27)26-19-7-5-4-6-18(19)23-21(28)22(26,2)3/h4-8,13,15-16H,9-12,14H2,1-3H3,(H,23,28). The van der Waals surface area contributed by atoms with Gasteiger partial charge >= 0.3 is 0 Å². The predicted octanol–water partition coefficient (Wildman–Crippen LogP) is 3.02. The summed E-state index contributed by atoms with van der Waals surface area (Å²) in [7, 11) is 0. The number of nitrogens with one attached hydrogen (secondary N) is 1. The summed E-state index contributed by atoms with van der Waals surface area (Å²) in [6.45, 7) is 10.1. The molecule has 1 fully saturated rings. The number of amides is 2. The first-order valence-electron chi connectivity index (χ1n) is 10.1. The molecule has 0 aliphatic carbocycles. The van der Waals surface area contributed by atoms with Gasteiger partial charge < -0.3 is 5.32 Å². The molecule has 154 valence electrons. The van der Waals surface area contributed by atoms with Crippen LogP contribution in [-0.4, -0.2) is 59.4 Å². The molecule has 3 heterocycles. The molecule has 29 heavy (non-hydrogen) atoms. The number of para-hydroxylation sites is 2. The predicted molar refractivity (Wildman–Crippen MR) is 117 cm³/mol. The molecule has 0 saturated carbocycles. The molecule has 7 heteroatoms. The van der Waals surface area contributed by atoms with Crippen molar-refractivity contribution in [1.82, 2.24) is 9.80 Å². The average molecular weight is 413 g/mol. The Morgan fingerprint density at radius 3 is 2.59 bits per heavy atom. The van der Waals surface area contributed by atoms with E-state index in [-0.39, 0.29) is 17.9 Å². The Morgan fingerprint density at radius 1 is 1.17 bits per heavy atom. The van der Waals surface area contributed by atoms with Crippen LogP contribution in [0.1, 0.15) is 26.3 Å². The minimum Gasteiger partial charge on any atom is -0.322 e. The van der Waals surface area contributed by atoms with Gasteiger partial charge in [-0.05, 0) is 55.3 Å². The summed E-state index contributed by atoms with van der Waals surface area (Å²) in [4.78, 5) is 32.6. The van der Waals surface area contributed by atoms with E-state index in [0.717, 1.165) is 38.4 Å². The summed E-state index contributed by atoms with van der Waals surface area (Å²) in [5.41, 5.74) is 1.88. The van der Waals surface area contributed by atoms with Crippen LogP contribution < -0.4 is 10.2 Å². The number of piperazine rings is 1. The van der Waals surface area contributed by atoms with E-state index >= 15 is 0 Å².